The van der Waals surface area contributed by atoms with E-state index in [9.17, 15) is 0 Å². The maximum absolute atomic E-state index is 4.12. The summed E-state index contributed by atoms with van der Waals surface area (Å²) in [6.45, 7) is 3.12. The van der Waals surface area contributed by atoms with E-state index in [0.717, 1.165) is 19.4 Å². The first kappa shape index (κ1) is 12.8. The SMILES string of the molecule is CC(CCc1ccccc1)NCc1cncn1C. The molecule has 2 rings (SSSR count). The minimum atomic E-state index is 0.514. The van der Waals surface area contributed by atoms with Crippen LogP contribution >= 0.6 is 0 Å². The molecule has 3 nitrogen and oxygen atoms in total. The van der Waals surface area contributed by atoms with Gasteiger partial charge in [-0.25, -0.2) is 4.98 Å². The van der Waals surface area contributed by atoms with Crippen LogP contribution in [-0.2, 0) is 20.0 Å². The summed E-state index contributed by atoms with van der Waals surface area (Å²) in [5, 5.41) is 3.54. The van der Waals surface area contributed by atoms with Gasteiger partial charge in [0, 0.05) is 25.8 Å². The van der Waals surface area contributed by atoms with E-state index >= 15 is 0 Å². The van der Waals surface area contributed by atoms with Crippen molar-refractivity contribution in [3.05, 3.63) is 54.1 Å². The summed E-state index contributed by atoms with van der Waals surface area (Å²) >= 11 is 0. The molecule has 1 N–H and O–H groups in total. The van der Waals surface area contributed by atoms with Crippen LogP contribution in [0, 0.1) is 0 Å². The van der Waals surface area contributed by atoms with Crippen LogP contribution in [0.15, 0.2) is 42.9 Å². The van der Waals surface area contributed by atoms with Crippen LogP contribution in [0.25, 0.3) is 0 Å². The molecule has 0 bridgehead atoms. The Balaban J connectivity index is 1.73. The lowest BCUT2D eigenvalue weighted by molar-refractivity contribution is 0.504. The normalized spacial score (nSPS) is 12.6. The molecule has 1 heterocycles. The minimum Gasteiger partial charge on any atom is -0.337 e. The average Bonchev–Trinajstić information content (AvgIpc) is 2.81. The summed E-state index contributed by atoms with van der Waals surface area (Å²) in [5.41, 5.74) is 2.63. The maximum Gasteiger partial charge on any atom is 0.0945 e. The first-order valence-electron chi connectivity index (χ1n) is 6.48. The predicted molar refractivity (Wildman–Crippen MR) is 74.3 cm³/mol. The zero-order valence-corrected chi connectivity index (χ0v) is 11.1. The van der Waals surface area contributed by atoms with Crippen molar-refractivity contribution in [2.75, 3.05) is 0 Å². The Morgan fingerprint density at radius 2 is 2.06 bits per heavy atom. The molecule has 96 valence electrons. The second-order valence-electron chi connectivity index (χ2n) is 4.80. The van der Waals surface area contributed by atoms with E-state index in [1.165, 1.54) is 11.3 Å². The molecule has 18 heavy (non-hydrogen) atoms. The van der Waals surface area contributed by atoms with E-state index < -0.39 is 0 Å². The molecule has 0 saturated heterocycles. The molecule has 1 unspecified atom stereocenters. The van der Waals surface area contributed by atoms with Gasteiger partial charge >= 0.3 is 0 Å². The van der Waals surface area contributed by atoms with Crippen LogP contribution < -0.4 is 5.32 Å². The highest BCUT2D eigenvalue weighted by molar-refractivity contribution is 5.14. The molecule has 0 aliphatic rings. The fourth-order valence-electron chi connectivity index (χ4n) is 1.96. The molecule has 0 fully saturated rings. The van der Waals surface area contributed by atoms with Gasteiger partial charge in [0.05, 0.1) is 12.0 Å². The van der Waals surface area contributed by atoms with Crippen molar-refractivity contribution in [3.63, 3.8) is 0 Å². The van der Waals surface area contributed by atoms with E-state index in [2.05, 4.69) is 52.1 Å². The third kappa shape index (κ3) is 3.70. The van der Waals surface area contributed by atoms with Crippen molar-refractivity contribution >= 4 is 0 Å². The van der Waals surface area contributed by atoms with Crippen LogP contribution in [0.4, 0.5) is 0 Å². The molecule has 0 saturated carbocycles. The van der Waals surface area contributed by atoms with Crippen molar-refractivity contribution in [2.45, 2.75) is 32.4 Å². The first-order chi connectivity index (χ1) is 8.75. The Bertz CT molecular complexity index is 462. The number of nitrogens with one attached hydrogen (secondary N) is 1. The van der Waals surface area contributed by atoms with Crippen molar-refractivity contribution in [1.29, 1.82) is 0 Å². The van der Waals surface area contributed by atoms with Gasteiger partial charge in [0.2, 0.25) is 0 Å². The van der Waals surface area contributed by atoms with E-state index in [1.54, 1.807) is 0 Å². The summed E-state index contributed by atoms with van der Waals surface area (Å²) in [5.74, 6) is 0. The van der Waals surface area contributed by atoms with Crippen molar-refractivity contribution in [2.24, 2.45) is 7.05 Å². The molecule has 3 heteroatoms. The number of imidazole rings is 1. The molecule has 1 atom stereocenters. The van der Waals surface area contributed by atoms with Gasteiger partial charge in [0.15, 0.2) is 0 Å². The average molecular weight is 243 g/mol. The second-order valence-corrected chi connectivity index (χ2v) is 4.80. The van der Waals surface area contributed by atoms with Gasteiger partial charge in [-0.15, -0.1) is 0 Å². The van der Waals surface area contributed by atoms with Crippen LogP contribution in [0.2, 0.25) is 0 Å². The lowest BCUT2D eigenvalue weighted by atomic mass is 10.1. The Labute approximate surface area is 109 Å². The molecule has 0 amide bonds. The number of rotatable bonds is 6. The molecule has 0 aliphatic carbocycles. The second kappa shape index (κ2) is 6.36. The van der Waals surface area contributed by atoms with Gasteiger partial charge in [-0.05, 0) is 25.3 Å². The Hall–Kier alpha value is -1.61. The van der Waals surface area contributed by atoms with Gasteiger partial charge in [-0.3, -0.25) is 0 Å². The van der Waals surface area contributed by atoms with Gasteiger partial charge in [0.25, 0.3) is 0 Å². The van der Waals surface area contributed by atoms with Gasteiger partial charge in [-0.2, -0.15) is 0 Å². The van der Waals surface area contributed by atoms with E-state index in [1.807, 2.05) is 19.6 Å². The molecule has 1 aromatic heterocycles. The first-order valence-corrected chi connectivity index (χ1v) is 6.48. The third-order valence-corrected chi connectivity index (χ3v) is 3.26. The highest BCUT2D eigenvalue weighted by atomic mass is 15.0. The lowest BCUT2D eigenvalue weighted by Gasteiger charge is -2.13. The number of benzene rings is 1. The molecular formula is C15H21N3. The van der Waals surface area contributed by atoms with Gasteiger partial charge in [0.1, 0.15) is 0 Å². The van der Waals surface area contributed by atoms with Crippen LogP contribution in [0.5, 0.6) is 0 Å². The number of hydrogen-bond donors (Lipinski definition) is 1. The molecule has 1 aromatic carbocycles. The highest BCUT2D eigenvalue weighted by Gasteiger charge is 2.04. The van der Waals surface area contributed by atoms with Crippen LogP contribution in [0.3, 0.4) is 0 Å². The number of hydrogen-bond acceptors (Lipinski definition) is 2. The number of nitrogens with zero attached hydrogens (tertiary/aromatic N) is 2. The summed E-state index contributed by atoms with van der Waals surface area (Å²) in [6.07, 6.45) is 6.03. The Morgan fingerprint density at radius 3 is 2.72 bits per heavy atom. The van der Waals surface area contributed by atoms with E-state index in [0.29, 0.717) is 6.04 Å². The quantitative estimate of drug-likeness (QED) is 0.845. The van der Waals surface area contributed by atoms with Gasteiger partial charge < -0.3 is 9.88 Å². The minimum absolute atomic E-state index is 0.514. The fourth-order valence-corrected chi connectivity index (χ4v) is 1.96. The number of aryl methyl sites for hydroxylation is 2. The van der Waals surface area contributed by atoms with Gasteiger partial charge in [-0.1, -0.05) is 30.3 Å². The number of aromatic nitrogens is 2. The molecule has 0 spiro atoms. The zero-order valence-electron chi connectivity index (χ0n) is 11.1. The summed E-state index contributed by atoms with van der Waals surface area (Å²) < 4.78 is 2.05. The molecule has 0 aliphatic heterocycles. The molecule has 0 radical (unpaired) electrons. The van der Waals surface area contributed by atoms with Crippen molar-refractivity contribution in [3.8, 4) is 0 Å². The Kier molecular flexibility index (Phi) is 4.53. The summed E-state index contributed by atoms with van der Waals surface area (Å²) in [4.78, 5) is 4.12. The largest absolute Gasteiger partial charge is 0.337 e. The standard InChI is InChI=1S/C15H21N3/c1-13(8-9-14-6-4-3-5-7-14)17-11-15-10-16-12-18(15)2/h3-7,10,12-13,17H,8-9,11H2,1-2H3. The van der Waals surface area contributed by atoms with E-state index in [-0.39, 0.29) is 0 Å². The highest BCUT2D eigenvalue weighted by Crippen LogP contribution is 2.05. The lowest BCUT2D eigenvalue weighted by Crippen LogP contribution is -2.26. The maximum atomic E-state index is 4.12. The Morgan fingerprint density at radius 1 is 1.28 bits per heavy atom. The van der Waals surface area contributed by atoms with E-state index in [4.69, 9.17) is 0 Å². The molecular weight excluding hydrogens is 222 g/mol. The van der Waals surface area contributed by atoms with Crippen molar-refractivity contribution < 1.29 is 0 Å². The smallest absolute Gasteiger partial charge is 0.0945 e. The fraction of sp³-hybridized carbons (Fsp3) is 0.400. The monoisotopic (exact) mass is 243 g/mol. The van der Waals surface area contributed by atoms with Crippen LogP contribution in [-0.4, -0.2) is 15.6 Å². The predicted octanol–water partition coefficient (Wildman–Crippen LogP) is 2.53. The van der Waals surface area contributed by atoms with Crippen LogP contribution in [0.1, 0.15) is 24.6 Å². The topological polar surface area (TPSA) is 29.9 Å². The van der Waals surface area contributed by atoms with Crippen molar-refractivity contribution in [1.82, 2.24) is 14.9 Å². The zero-order chi connectivity index (χ0) is 12.8. The third-order valence-electron chi connectivity index (χ3n) is 3.26. The summed E-state index contributed by atoms with van der Waals surface area (Å²) in [7, 11) is 2.03. The summed E-state index contributed by atoms with van der Waals surface area (Å²) in [6, 6.07) is 11.2. The molecule has 2 aromatic rings.